The van der Waals surface area contributed by atoms with Crippen molar-refractivity contribution >= 4 is 6.16 Å². The van der Waals surface area contributed by atoms with Crippen LogP contribution in [0.5, 0.6) is 5.75 Å². The van der Waals surface area contributed by atoms with Crippen LogP contribution in [0.4, 0.5) is 4.79 Å². The molecule has 3 heteroatoms. The molecule has 0 aliphatic heterocycles. The van der Waals surface area contributed by atoms with Crippen molar-refractivity contribution in [3.63, 3.8) is 0 Å². The summed E-state index contributed by atoms with van der Waals surface area (Å²) in [5.74, 6) is 0.544. The lowest BCUT2D eigenvalue weighted by Crippen LogP contribution is -2.07. The van der Waals surface area contributed by atoms with Crippen LogP contribution in [0.3, 0.4) is 0 Å². The van der Waals surface area contributed by atoms with Gasteiger partial charge in [0.2, 0.25) is 0 Å². The third-order valence-electron chi connectivity index (χ3n) is 6.01. The second-order valence-corrected chi connectivity index (χ2v) is 8.71. The van der Waals surface area contributed by atoms with Gasteiger partial charge in [-0.2, -0.15) is 0 Å². The van der Waals surface area contributed by atoms with E-state index in [-0.39, 0.29) is 0 Å². The van der Waals surface area contributed by atoms with Crippen molar-refractivity contribution in [2.75, 3.05) is 0 Å². The van der Waals surface area contributed by atoms with E-state index in [9.17, 15) is 4.79 Å². The van der Waals surface area contributed by atoms with Crippen LogP contribution in [0, 0.1) is 0 Å². The molecule has 0 amide bonds. The maximum absolute atomic E-state index is 11.1. The largest absolute Gasteiger partial charge is 0.511 e. The van der Waals surface area contributed by atoms with Gasteiger partial charge in [-0.15, -0.1) is 0 Å². The van der Waals surface area contributed by atoms with Gasteiger partial charge in [0.05, 0.1) is 0 Å². The predicted molar refractivity (Wildman–Crippen MR) is 128 cm³/mol. The minimum absolute atomic E-state index is 0.544. The Morgan fingerprint density at radius 3 is 1.67 bits per heavy atom. The molecule has 30 heavy (non-hydrogen) atoms. The smallest absolute Gasteiger partial charge is 0.449 e. The summed E-state index contributed by atoms with van der Waals surface area (Å²) in [6, 6.07) is 5.91. The zero-order chi connectivity index (χ0) is 21.9. The number of benzene rings is 1. The zero-order valence-corrected chi connectivity index (χ0v) is 19.7. The highest BCUT2D eigenvalue weighted by molar-refractivity contribution is 5.62. The van der Waals surface area contributed by atoms with Crippen LogP contribution in [0.15, 0.2) is 18.2 Å². The molecule has 0 aromatic heterocycles. The maximum atomic E-state index is 11.1. The fraction of sp³-hybridized carbons (Fsp3) is 0.741. The molecular weight excluding hydrogens is 372 g/mol. The molecule has 172 valence electrons. The van der Waals surface area contributed by atoms with E-state index in [1.54, 1.807) is 0 Å². The molecule has 0 aliphatic carbocycles. The molecule has 0 bridgehead atoms. The molecule has 0 atom stereocenters. The van der Waals surface area contributed by atoms with E-state index >= 15 is 0 Å². The monoisotopic (exact) mass is 418 g/mol. The number of hydrogen-bond acceptors (Lipinski definition) is 2. The summed E-state index contributed by atoms with van der Waals surface area (Å²) in [5, 5.41) is 9.11. The standard InChI is InChI=1S/C27H46O3/c1-3-5-7-9-11-13-15-17-20-24-21-19-23-26(30-27(28)29)25(24)22-18-16-14-12-10-8-6-4-2/h19,21,23H,3-18,20,22H2,1-2H3,(H,28,29). The van der Waals surface area contributed by atoms with Crippen molar-refractivity contribution in [1.82, 2.24) is 0 Å². The van der Waals surface area contributed by atoms with Crippen molar-refractivity contribution < 1.29 is 14.6 Å². The average molecular weight is 419 g/mol. The summed E-state index contributed by atoms with van der Waals surface area (Å²) in [6.45, 7) is 4.51. The van der Waals surface area contributed by atoms with Crippen molar-refractivity contribution in [2.45, 2.75) is 129 Å². The average Bonchev–Trinajstić information content (AvgIpc) is 2.73. The van der Waals surface area contributed by atoms with Gasteiger partial charge in [0, 0.05) is 0 Å². The minimum Gasteiger partial charge on any atom is -0.449 e. The molecule has 0 saturated carbocycles. The van der Waals surface area contributed by atoms with E-state index in [2.05, 4.69) is 19.9 Å². The van der Waals surface area contributed by atoms with Crippen LogP contribution >= 0.6 is 0 Å². The highest BCUT2D eigenvalue weighted by atomic mass is 16.7. The molecule has 0 spiro atoms. The Kier molecular flexibility index (Phi) is 16.2. The summed E-state index contributed by atoms with van der Waals surface area (Å²) in [6.07, 6.45) is 21.5. The summed E-state index contributed by atoms with van der Waals surface area (Å²) in [5.41, 5.74) is 2.40. The number of hydrogen-bond donors (Lipinski definition) is 1. The van der Waals surface area contributed by atoms with Crippen molar-refractivity contribution in [2.24, 2.45) is 0 Å². The fourth-order valence-corrected chi connectivity index (χ4v) is 4.20. The second kappa shape index (κ2) is 18.3. The van der Waals surface area contributed by atoms with E-state index < -0.39 is 6.16 Å². The highest BCUT2D eigenvalue weighted by Gasteiger charge is 2.12. The van der Waals surface area contributed by atoms with Gasteiger partial charge in [-0.1, -0.05) is 116 Å². The quantitative estimate of drug-likeness (QED) is 0.138. The Hall–Kier alpha value is -1.51. The van der Waals surface area contributed by atoms with E-state index in [1.165, 1.54) is 102 Å². The molecule has 3 nitrogen and oxygen atoms in total. The lowest BCUT2D eigenvalue weighted by atomic mass is 9.95. The Morgan fingerprint density at radius 1 is 0.700 bits per heavy atom. The number of aryl methyl sites for hydroxylation is 1. The van der Waals surface area contributed by atoms with Crippen LogP contribution < -0.4 is 4.74 Å². The Labute approximate surface area is 185 Å². The first-order valence-corrected chi connectivity index (χ1v) is 12.7. The summed E-state index contributed by atoms with van der Waals surface area (Å²) in [4.78, 5) is 11.1. The van der Waals surface area contributed by atoms with Gasteiger partial charge in [-0.05, 0) is 42.9 Å². The van der Waals surface area contributed by atoms with Crippen molar-refractivity contribution in [3.05, 3.63) is 29.3 Å². The zero-order valence-electron chi connectivity index (χ0n) is 19.7. The molecule has 1 aromatic carbocycles. The van der Waals surface area contributed by atoms with Crippen LogP contribution in [0.2, 0.25) is 0 Å². The SMILES string of the molecule is CCCCCCCCCCc1cccc(OC(=O)O)c1CCCCCCCCCC. The fourth-order valence-electron chi connectivity index (χ4n) is 4.20. The van der Waals surface area contributed by atoms with Gasteiger partial charge < -0.3 is 9.84 Å². The molecule has 1 aromatic rings. The van der Waals surface area contributed by atoms with E-state index in [0.29, 0.717) is 5.75 Å². The number of rotatable bonds is 19. The first kappa shape index (κ1) is 26.5. The summed E-state index contributed by atoms with van der Waals surface area (Å²) in [7, 11) is 0. The lowest BCUT2D eigenvalue weighted by Gasteiger charge is -2.14. The number of carbonyl (C=O) groups is 1. The van der Waals surface area contributed by atoms with E-state index in [1.807, 2.05) is 12.1 Å². The normalized spacial score (nSPS) is 11.0. The molecular formula is C27H46O3. The summed E-state index contributed by atoms with van der Waals surface area (Å²) < 4.78 is 5.11. The molecule has 1 N–H and O–H groups in total. The molecule has 0 aliphatic rings. The Balaban J connectivity index is 2.44. The number of unbranched alkanes of at least 4 members (excludes halogenated alkanes) is 14. The molecule has 0 fully saturated rings. The molecule has 0 heterocycles. The lowest BCUT2D eigenvalue weighted by molar-refractivity contribution is 0.144. The minimum atomic E-state index is -1.21. The van der Waals surface area contributed by atoms with Crippen LogP contribution in [-0.2, 0) is 12.8 Å². The van der Waals surface area contributed by atoms with Gasteiger partial charge in [-0.3, -0.25) is 0 Å². The van der Waals surface area contributed by atoms with Crippen LogP contribution in [0.25, 0.3) is 0 Å². The molecule has 0 radical (unpaired) electrons. The van der Waals surface area contributed by atoms with Gasteiger partial charge in [-0.25, -0.2) is 4.79 Å². The highest BCUT2D eigenvalue weighted by Crippen LogP contribution is 2.27. The maximum Gasteiger partial charge on any atom is 0.511 e. The third-order valence-corrected chi connectivity index (χ3v) is 6.01. The van der Waals surface area contributed by atoms with Crippen molar-refractivity contribution in [3.8, 4) is 5.75 Å². The van der Waals surface area contributed by atoms with E-state index in [0.717, 1.165) is 24.8 Å². The number of ether oxygens (including phenoxy) is 1. The predicted octanol–water partition coefficient (Wildman–Crippen LogP) is 9.11. The molecule has 1 rings (SSSR count). The van der Waals surface area contributed by atoms with Gasteiger partial charge in [0.25, 0.3) is 0 Å². The van der Waals surface area contributed by atoms with Crippen LogP contribution in [-0.4, -0.2) is 11.3 Å². The van der Waals surface area contributed by atoms with Crippen molar-refractivity contribution in [1.29, 1.82) is 0 Å². The van der Waals surface area contributed by atoms with Gasteiger partial charge >= 0.3 is 6.16 Å². The summed E-state index contributed by atoms with van der Waals surface area (Å²) >= 11 is 0. The molecule has 0 unspecified atom stereocenters. The number of carboxylic acid groups (broad SMARTS) is 1. The first-order chi connectivity index (χ1) is 14.7. The Bertz CT molecular complexity index is 553. The molecule has 0 saturated heterocycles. The van der Waals surface area contributed by atoms with Gasteiger partial charge in [0.15, 0.2) is 0 Å². The van der Waals surface area contributed by atoms with Crippen LogP contribution in [0.1, 0.15) is 128 Å². The third kappa shape index (κ3) is 12.9. The first-order valence-electron chi connectivity index (χ1n) is 12.7. The second-order valence-electron chi connectivity index (χ2n) is 8.71. The Morgan fingerprint density at radius 2 is 1.17 bits per heavy atom. The van der Waals surface area contributed by atoms with E-state index in [4.69, 9.17) is 9.84 Å². The van der Waals surface area contributed by atoms with Gasteiger partial charge in [0.1, 0.15) is 5.75 Å². The topological polar surface area (TPSA) is 46.5 Å².